The second-order valence-corrected chi connectivity index (χ2v) is 10.5. The van der Waals surface area contributed by atoms with Crippen LogP contribution in [0.2, 0.25) is 0 Å². The minimum atomic E-state index is -4.24. The highest BCUT2D eigenvalue weighted by Gasteiger charge is 2.42. The van der Waals surface area contributed by atoms with Crippen LogP contribution < -0.4 is 19.1 Å². The zero-order valence-corrected chi connectivity index (χ0v) is 18.6. The Morgan fingerprint density at radius 2 is 1.84 bits per heavy atom. The molecular formula is C19H21N3O7S2. The van der Waals surface area contributed by atoms with Gasteiger partial charge < -0.3 is 10.1 Å². The summed E-state index contributed by atoms with van der Waals surface area (Å²) in [7, 11) is -6.88. The fourth-order valence-electron chi connectivity index (χ4n) is 3.16. The smallest absolute Gasteiger partial charge is 0.265 e. The summed E-state index contributed by atoms with van der Waals surface area (Å²) >= 11 is 0. The van der Waals surface area contributed by atoms with Crippen LogP contribution in [0.4, 0.5) is 17.1 Å². The normalized spacial score (nSPS) is 18.0. The topological polar surface area (TPSA) is 139 Å². The van der Waals surface area contributed by atoms with Crippen LogP contribution in [0.25, 0.3) is 0 Å². The first-order valence-electron chi connectivity index (χ1n) is 9.10. The van der Waals surface area contributed by atoms with E-state index in [2.05, 4.69) is 10.0 Å². The van der Waals surface area contributed by atoms with E-state index in [4.69, 9.17) is 4.74 Å². The van der Waals surface area contributed by atoms with Crippen molar-refractivity contribution in [3.8, 4) is 5.75 Å². The van der Waals surface area contributed by atoms with Crippen LogP contribution >= 0.6 is 0 Å². The molecule has 3 rings (SSSR count). The molecule has 10 nitrogen and oxygen atoms in total. The maximum atomic E-state index is 13.1. The molecule has 1 fully saturated rings. The van der Waals surface area contributed by atoms with Crippen molar-refractivity contribution in [2.75, 3.05) is 27.2 Å². The third-order valence-corrected chi connectivity index (χ3v) is 7.74. The van der Waals surface area contributed by atoms with Gasteiger partial charge in [-0.1, -0.05) is 13.0 Å². The van der Waals surface area contributed by atoms with Crippen molar-refractivity contribution in [1.29, 1.82) is 0 Å². The van der Waals surface area contributed by atoms with Gasteiger partial charge >= 0.3 is 0 Å². The maximum Gasteiger partial charge on any atom is 0.265 e. The second-order valence-electron chi connectivity index (χ2n) is 6.98. The van der Waals surface area contributed by atoms with Crippen molar-refractivity contribution in [2.24, 2.45) is 5.92 Å². The molecule has 0 bridgehead atoms. The summed E-state index contributed by atoms with van der Waals surface area (Å²) in [5, 5.41) is 2.55. The second kappa shape index (κ2) is 8.19. The van der Waals surface area contributed by atoms with E-state index in [0.29, 0.717) is 9.99 Å². The molecule has 0 aliphatic carbocycles. The maximum absolute atomic E-state index is 13.1. The summed E-state index contributed by atoms with van der Waals surface area (Å²) in [6.07, 6.45) is 0. The third-order valence-electron chi connectivity index (χ3n) is 4.47. The molecule has 1 saturated heterocycles. The number of hydrogen-bond donors (Lipinski definition) is 2. The fourth-order valence-corrected chi connectivity index (χ4v) is 6.21. The molecule has 166 valence electrons. The number of anilines is 3. The molecule has 0 saturated carbocycles. The molecule has 31 heavy (non-hydrogen) atoms. The van der Waals surface area contributed by atoms with E-state index in [9.17, 15) is 26.4 Å². The number of amides is 2. The van der Waals surface area contributed by atoms with Gasteiger partial charge in [-0.3, -0.25) is 14.3 Å². The van der Waals surface area contributed by atoms with E-state index < -0.39 is 31.9 Å². The number of hydrogen-bond acceptors (Lipinski definition) is 7. The van der Waals surface area contributed by atoms with Gasteiger partial charge in [-0.05, 0) is 36.4 Å². The average Bonchev–Trinajstić information content (AvgIpc) is 2.87. The van der Waals surface area contributed by atoms with E-state index in [1.807, 2.05) is 0 Å². The first-order chi connectivity index (χ1) is 14.4. The largest absolute Gasteiger partial charge is 0.495 e. The van der Waals surface area contributed by atoms with Crippen molar-refractivity contribution in [1.82, 2.24) is 0 Å². The number of carbonyl (C=O) groups excluding carboxylic acids is 2. The Morgan fingerprint density at radius 3 is 2.42 bits per heavy atom. The lowest BCUT2D eigenvalue weighted by atomic mass is 10.2. The minimum absolute atomic E-state index is 0.0358. The molecule has 0 radical (unpaired) electrons. The summed E-state index contributed by atoms with van der Waals surface area (Å²) in [4.78, 5) is 23.3. The molecule has 2 N–H and O–H groups in total. The lowest BCUT2D eigenvalue weighted by Crippen LogP contribution is -2.30. The lowest BCUT2D eigenvalue weighted by molar-refractivity contribution is -0.119. The van der Waals surface area contributed by atoms with E-state index in [1.54, 1.807) is 12.1 Å². The van der Waals surface area contributed by atoms with Gasteiger partial charge in [-0.2, -0.15) is 0 Å². The molecule has 1 aliphatic heterocycles. The molecule has 0 unspecified atom stereocenters. The van der Waals surface area contributed by atoms with Crippen LogP contribution in [0, 0.1) is 5.92 Å². The Bertz CT molecular complexity index is 1260. The summed E-state index contributed by atoms with van der Waals surface area (Å²) in [5.74, 6) is -2.08. The van der Waals surface area contributed by atoms with Gasteiger partial charge in [0.25, 0.3) is 10.0 Å². The predicted octanol–water partition coefficient (Wildman–Crippen LogP) is 1.77. The molecule has 1 heterocycles. The van der Waals surface area contributed by atoms with E-state index in [-0.39, 0.29) is 33.7 Å². The molecule has 0 aromatic heterocycles. The summed E-state index contributed by atoms with van der Waals surface area (Å²) < 4.78 is 59.0. The number of methoxy groups -OCH3 is 1. The van der Waals surface area contributed by atoms with Crippen LogP contribution in [0.5, 0.6) is 5.75 Å². The molecule has 0 spiro atoms. The first-order valence-corrected chi connectivity index (χ1v) is 12.2. The summed E-state index contributed by atoms with van der Waals surface area (Å²) in [5.41, 5.74) is 0.455. The lowest BCUT2D eigenvalue weighted by Gasteiger charge is -2.18. The molecule has 1 atom stereocenters. The summed E-state index contributed by atoms with van der Waals surface area (Å²) in [6.45, 7) is 2.81. The van der Waals surface area contributed by atoms with Gasteiger partial charge in [0.15, 0.2) is 0 Å². The molecule has 1 aliphatic rings. The van der Waals surface area contributed by atoms with Crippen LogP contribution in [0.3, 0.4) is 0 Å². The number of nitrogens with one attached hydrogen (secondary N) is 2. The number of nitrogens with zero attached hydrogens (tertiary/aromatic N) is 1. The summed E-state index contributed by atoms with van der Waals surface area (Å²) in [6, 6.07) is 9.71. The van der Waals surface area contributed by atoms with E-state index in [1.165, 1.54) is 45.2 Å². The van der Waals surface area contributed by atoms with Gasteiger partial charge in [0, 0.05) is 12.6 Å². The monoisotopic (exact) mass is 467 g/mol. The van der Waals surface area contributed by atoms with Gasteiger partial charge in [-0.15, -0.1) is 0 Å². The molecule has 2 aromatic rings. The van der Waals surface area contributed by atoms with Gasteiger partial charge in [0.2, 0.25) is 21.8 Å². The number of benzene rings is 2. The molecular weight excluding hydrogens is 446 g/mol. The van der Waals surface area contributed by atoms with Crippen molar-refractivity contribution < 1.29 is 31.2 Å². The van der Waals surface area contributed by atoms with Crippen LogP contribution in [-0.4, -0.2) is 41.5 Å². The first kappa shape index (κ1) is 22.6. The molecule has 12 heteroatoms. The van der Waals surface area contributed by atoms with Crippen molar-refractivity contribution in [3.05, 3.63) is 42.5 Å². The predicted molar refractivity (Wildman–Crippen MR) is 115 cm³/mol. The zero-order valence-electron chi connectivity index (χ0n) is 16.9. The Balaban J connectivity index is 2.02. The standard InChI is InChI=1S/C19H21N3O7S2/c1-12-11-30(25,26)22(19(12)24)16-7-8-17(29-3)18(10-16)31(27,28)21-15-6-4-5-14(9-15)20-13(2)23/h4-10,12,21H,11H2,1-3H3,(H,20,23)/t12-/m1/s1. The van der Waals surface area contributed by atoms with Crippen LogP contribution in [0.1, 0.15) is 13.8 Å². The highest BCUT2D eigenvalue weighted by Crippen LogP contribution is 2.34. The van der Waals surface area contributed by atoms with Crippen molar-refractivity contribution >= 4 is 48.9 Å². The quantitative estimate of drug-likeness (QED) is 0.660. The van der Waals surface area contributed by atoms with Crippen molar-refractivity contribution in [3.63, 3.8) is 0 Å². The average molecular weight is 468 g/mol. The number of ether oxygens (including phenoxy) is 1. The Morgan fingerprint density at radius 1 is 1.16 bits per heavy atom. The SMILES string of the molecule is COc1ccc(N2C(=O)[C@H](C)CS2(=O)=O)cc1S(=O)(=O)Nc1cccc(NC(C)=O)c1. The highest BCUT2D eigenvalue weighted by molar-refractivity contribution is 7.94. The van der Waals surface area contributed by atoms with Crippen molar-refractivity contribution in [2.45, 2.75) is 18.7 Å². The van der Waals surface area contributed by atoms with Crippen LogP contribution in [0.15, 0.2) is 47.4 Å². The van der Waals surface area contributed by atoms with Gasteiger partial charge in [0.05, 0.1) is 30.2 Å². The van der Waals surface area contributed by atoms with E-state index >= 15 is 0 Å². The Hall–Kier alpha value is -3.12. The Kier molecular flexibility index (Phi) is 5.96. The number of carbonyl (C=O) groups is 2. The fraction of sp³-hybridized carbons (Fsp3) is 0.263. The molecule has 2 aromatic carbocycles. The number of rotatable bonds is 6. The van der Waals surface area contributed by atoms with E-state index in [0.717, 1.165) is 6.07 Å². The third kappa shape index (κ3) is 4.64. The van der Waals surface area contributed by atoms with Gasteiger partial charge in [0.1, 0.15) is 10.6 Å². The number of sulfonamides is 2. The zero-order chi connectivity index (χ0) is 23.0. The highest BCUT2D eigenvalue weighted by atomic mass is 32.2. The van der Waals surface area contributed by atoms with Crippen LogP contribution in [-0.2, 0) is 29.6 Å². The minimum Gasteiger partial charge on any atom is -0.495 e. The van der Waals surface area contributed by atoms with Gasteiger partial charge in [-0.25, -0.2) is 21.1 Å². The molecule has 2 amide bonds. The Labute approximate surface area is 180 Å².